The molecule has 1 aromatic rings. The molecule has 0 fully saturated rings. The summed E-state index contributed by atoms with van der Waals surface area (Å²) in [5, 5.41) is 11.9. The normalized spacial score (nSPS) is 11.6. The maximum atomic E-state index is 8.86. The van der Waals surface area contributed by atoms with E-state index in [9.17, 15) is 0 Å². The van der Waals surface area contributed by atoms with Gasteiger partial charge in [0.1, 0.15) is 5.82 Å². The van der Waals surface area contributed by atoms with Gasteiger partial charge in [-0.3, -0.25) is 0 Å². The number of pyridine rings is 1. The fourth-order valence-corrected chi connectivity index (χ4v) is 1.83. The zero-order valence-electron chi connectivity index (χ0n) is 12.0. The van der Waals surface area contributed by atoms with Gasteiger partial charge in [-0.05, 0) is 18.6 Å². The second-order valence-corrected chi connectivity index (χ2v) is 4.19. The molecule has 0 unspecified atom stereocenters. The Morgan fingerprint density at radius 1 is 1.35 bits per heavy atom. The van der Waals surface area contributed by atoms with Crippen LogP contribution in [0.4, 0.5) is 5.82 Å². The largest absolute Gasteiger partial charge is 0.409 e. The van der Waals surface area contributed by atoms with Crippen molar-refractivity contribution >= 4 is 11.7 Å². The van der Waals surface area contributed by atoms with Crippen molar-refractivity contribution in [3.63, 3.8) is 0 Å². The van der Waals surface area contributed by atoms with E-state index in [4.69, 9.17) is 20.4 Å². The Hall–Kier alpha value is -1.86. The highest BCUT2D eigenvalue weighted by Gasteiger charge is 2.15. The highest BCUT2D eigenvalue weighted by atomic mass is 16.5. The molecule has 0 aromatic carbocycles. The molecular formula is C13H22N4O3. The summed E-state index contributed by atoms with van der Waals surface area (Å²) in [5.74, 6) is 0.721. The lowest BCUT2D eigenvalue weighted by atomic mass is 10.2. The van der Waals surface area contributed by atoms with Gasteiger partial charge in [-0.25, -0.2) is 4.98 Å². The molecule has 1 rings (SSSR count). The third-order valence-corrected chi connectivity index (χ3v) is 2.81. The van der Waals surface area contributed by atoms with Gasteiger partial charge < -0.3 is 25.3 Å². The lowest BCUT2D eigenvalue weighted by Crippen LogP contribution is -2.32. The highest BCUT2D eigenvalue weighted by Crippen LogP contribution is 2.17. The number of ether oxygens (including phenoxy) is 2. The number of amidine groups is 1. The van der Waals surface area contributed by atoms with E-state index in [2.05, 4.69) is 10.1 Å². The Morgan fingerprint density at radius 3 is 2.75 bits per heavy atom. The lowest BCUT2D eigenvalue weighted by Gasteiger charge is -2.25. The molecule has 0 aliphatic heterocycles. The Morgan fingerprint density at radius 2 is 2.10 bits per heavy atom. The summed E-state index contributed by atoms with van der Waals surface area (Å²) in [6, 6.07) is 3.52. The summed E-state index contributed by atoms with van der Waals surface area (Å²) in [4.78, 5) is 6.37. The van der Waals surface area contributed by atoms with Gasteiger partial charge in [0, 0.05) is 40.1 Å². The molecule has 0 atom stereocenters. The lowest BCUT2D eigenvalue weighted by molar-refractivity contribution is 0.191. The van der Waals surface area contributed by atoms with E-state index >= 15 is 0 Å². The van der Waals surface area contributed by atoms with Crippen LogP contribution in [-0.4, -0.2) is 56.5 Å². The molecule has 1 heterocycles. The van der Waals surface area contributed by atoms with E-state index in [-0.39, 0.29) is 5.84 Å². The van der Waals surface area contributed by atoms with Gasteiger partial charge >= 0.3 is 0 Å². The zero-order valence-corrected chi connectivity index (χ0v) is 12.0. The van der Waals surface area contributed by atoms with Crippen LogP contribution >= 0.6 is 0 Å². The van der Waals surface area contributed by atoms with E-state index in [1.807, 2.05) is 4.90 Å². The summed E-state index contributed by atoms with van der Waals surface area (Å²) in [6.07, 6.45) is 2.53. The van der Waals surface area contributed by atoms with Gasteiger partial charge in [0.05, 0.1) is 12.2 Å². The Kier molecular flexibility index (Phi) is 7.38. The maximum Gasteiger partial charge on any atom is 0.173 e. The van der Waals surface area contributed by atoms with Crippen molar-refractivity contribution in [3.8, 4) is 0 Å². The number of rotatable bonds is 9. The fourth-order valence-electron chi connectivity index (χ4n) is 1.83. The van der Waals surface area contributed by atoms with Gasteiger partial charge in [0.2, 0.25) is 0 Å². The Balaban J connectivity index is 2.93. The van der Waals surface area contributed by atoms with Crippen LogP contribution in [-0.2, 0) is 9.47 Å². The van der Waals surface area contributed by atoms with E-state index in [0.29, 0.717) is 31.1 Å². The number of oxime groups is 1. The maximum absolute atomic E-state index is 8.86. The fraction of sp³-hybridized carbons (Fsp3) is 0.538. The van der Waals surface area contributed by atoms with Gasteiger partial charge in [0.25, 0.3) is 0 Å². The van der Waals surface area contributed by atoms with Crippen molar-refractivity contribution in [2.75, 3.05) is 45.4 Å². The summed E-state index contributed by atoms with van der Waals surface area (Å²) < 4.78 is 10.2. The van der Waals surface area contributed by atoms with Crippen LogP contribution in [0.15, 0.2) is 23.5 Å². The number of nitrogens with two attached hydrogens (primary N) is 1. The molecule has 3 N–H and O–H groups in total. The SMILES string of the molecule is COCCCN(CCOC)c1ncccc1C(N)=NO. The molecule has 7 nitrogen and oxygen atoms in total. The van der Waals surface area contributed by atoms with Crippen LogP contribution in [0.5, 0.6) is 0 Å². The standard InChI is InChI=1S/C13H22N4O3/c1-19-9-4-7-17(8-10-20-2)13-11(12(14)16-18)5-3-6-15-13/h3,5-6,18H,4,7-10H2,1-2H3,(H2,14,16). The topological polar surface area (TPSA) is 93.2 Å². The van der Waals surface area contributed by atoms with Crippen LogP contribution in [0, 0.1) is 0 Å². The van der Waals surface area contributed by atoms with Crippen molar-refractivity contribution in [2.45, 2.75) is 6.42 Å². The minimum absolute atomic E-state index is 0.0438. The summed E-state index contributed by atoms with van der Waals surface area (Å²) in [6.45, 7) is 2.65. The predicted octanol–water partition coefficient (Wildman–Crippen LogP) is 0.665. The average molecular weight is 282 g/mol. The van der Waals surface area contributed by atoms with Gasteiger partial charge in [-0.2, -0.15) is 0 Å². The molecular weight excluding hydrogens is 260 g/mol. The van der Waals surface area contributed by atoms with E-state index < -0.39 is 0 Å². The number of methoxy groups -OCH3 is 2. The molecule has 0 saturated heterocycles. The monoisotopic (exact) mass is 282 g/mol. The van der Waals surface area contributed by atoms with Crippen LogP contribution < -0.4 is 10.6 Å². The smallest absolute Gasteiger partial charge is 0.173 e. The van der Waals surface area contributed by atoms with Crippen molar-refractivity contribution in [1.29, 1.82) is 0 Å². The van der Waals surface area contributed by atoms with Crippen molar-refractivity contribution in [1.82, 2.24) is 4.98 Å². The third kappa shape index (κ3) is 4.67. The van der Waals surface area contributed by atoms with E-state index in [1.165, 1.54) is 0 Å². The van der Waals surface area contributed by atoms with Gasteiger partial charge in [-0.15, -0.1) is 0 Å². The van der Waals surface area contributed by atoms with Gasteiger partial charge in [0.15, 0.2) is 5.84 Å². The van der Waals surface area contributed by atoms with Crippen molar-refractivity contribution < 1.29 is 14.7 Å². The average Bonchev–Trinajstić information content (AvgIpc) is 2.50. The molecule has 112 valence electrons. The van der Waals surface area contributed by atoms with Crippen molar-refractivity contribution in [2.24, 2.45) is 10.9 Å². The Labute approximate surface area is 119 Å². The summed E-state index contributed by atoms with van der Waals surface area (Å²) in [7, 11) is 3.32. The van der Waals surface area contributed by atoms with Crippen LogP contribution in [0.2, 0.25) is 0 Å². The van der Waals surface area contributed by atoms with E-state index in [1.54, 1.807) is 32.5 Å². The first-order valence-electron chi connectivity index (χ1n) is 6.40. The summed E-state index contributed by atoms with van der Waals surface area (Å²) >= 11 is 0. The molecule has 1 aromatic heterocycles. The first-order chi connectivity index (χ1) is 9.74. The number of hydrogen-bond acceptors (Lipinski definition) is 6. The second kappa shape index (κ2) is 9.11. The molecule has 0 bridgehead atoms. The quantitative estimate of drug-likeness (QED) is 0.227. The predicted molar refractivity (Wildman–Crippen MR) is 77.3 cm³/mol. The zero-order chi connectivity index (χ0) is 14.8. The molecule has 0 amide bonds. The molecule has 0 radical (unpaired) electrons. The molecule has 20 heavy (non-hydrogen) atoms. The first kappa shape index (κ1) is 16.2. The van der Waals surface area contributed by atoms with Gasteiger partial charge in [-0.1, -0.05) is 5.16 Å². The van der Waals surface area contributed by atoms with Crippen LogP contribution in [0.25, 0.3) is 0 Å². The van der Waals surface area contributed by atoms with Crippen LogP contribution in [0.3, 0.4) is 0 Å². The Bertz CT molecular complexity index is 426. The molecule has 7 heteroatoms. The minimum atomic E-state index is 0.0438. The van der Waals surface area contributed by atoms with Crippen LogP contribution in [0.1, 0.15) is 12.0 Å². The molecule has 0 spiro atoms. The van der Waals surface area contributed by atoms with E-state index in [0.717, 1.165) is 13.0 Å². The second-order valence-electron chi connectivity index (χ2n) is 4.19. The third-order valence-electron chi connectivity index (χ3n) is 2.81. The molecule has 0 aliphatic carbocycles. The summed E-state index contributed by atoms with van der Waals surface area (Å²) in [5.41, 5.74) is 6.29. The first-order valence-corrected chi connectivity index (χ1v) is 6.40. The minimum Gasteiger partial charge on any atom is -0.409 e. The highest BCUT2D eigenvalue weighted by molar-refractivity contribution is 6.01. The molecule has 0 aliphatic rings. The number of anilines is 1. The number of nitrogens with zero attached hydrogens (tertiary/aromatic N) is 3. The number of hydrogen-bond donors (Lipinski definition) is 2. The molecule has 0 saturated carbocycles. The number of aromatic nitrogens is 1. The van der Waals surface area contributed by atoms with Crippen molar-refractivity contribution in [3.05, 3.63) is 23.9 Å².